The number of nitriles is 1. The van der Waals surface area contributed by atoms with Crippen LogP contribution in [0.4, 0.5) is 0 Å². The first-order valence-corrected chi connectivity index (χ1v) is 9.70. The van der Waals surface area contributed by atoms with Crippen LogP contribution in [0.5, 0.6) is 0 Å². The summed E-state index contributed by atoms with van der Waals surface area (Å²) >= 11 is 0. The highest BCUT2D eigenvalue weighted by Crippen LogP contribution is 2.24. The van der Waals surface area contributed by atoms with Gasteiger partial charge in [-0.05, 0) is 67.2 Å². The Bertz CT molecular complexity index is 964. The number of rotatable bonds is 4. The maximum Gasteiger partial charge on any atom is 0.0991 e. The van der Waals surface area contributed by atoms with Crippen molar-refractivity contribution in [1.82, 2.24) is 15.1 Å². The van der Waals surface area contributed by atoms with Gasteiger partial charge in [-0.3, -0.25) is 0 Å². The van der Waals surface area contributed by atoms with Crippen molar-refractivity contribution in [2.75, 3.05) is 19.6 Å². The Labute approximate surface area is 160 Å². The van der Waals surface area contributed by atoms with Gasteiger partial charge in [0.25, 0.3) is 0 Å². The minimum atomic E-state index is 0.673. The van der Waals surface area contributed by atoms with Gasteiger partial charge in [0.2, 0.25) is 0 Å². The molecule has 0 atom stereocenters. The molecule has 1 fully saturated rings. The molecular weight excluding hydrogens is 332 g/mol. The molecule has 0 radical (unpaired) electrons. The molecule has 4 nitrogen and oxygen atoms in total. The second-order valence-corrected chi connectivity index (χ2v) is 7.57. The topological polar surface area (TPSA) is 52.8 Å². The normalized spacial score (nSPS) is 15.7. The molecule has 0 N–H and O–H groups in total. The van der Waals surface area contributed by atoms with E-state index in [4.69, 9.17) is 5.26 Å². The molecule has 0 amide bonds. The van der Waals surface area contributed by atoms with Crippen LogP contribution in [0.1, 0.15) is 31.0 Å². The lowest BCUT2D eigenvalue weighted by Crippen LogP contribution is -2.34. The largest absolute Gasteiger partial charge is 0.303 e. The molecule has 2 heterocycles. The van der Waals surface area contributed by atoms with Crippen molar-refractivity contribution < 1.29 is 0 Å². The molecule has 1 aliphatic rings. The zero-order valence-electron chi connectivity index (χ0n) is 15.7. The first-order valence-electron chi connectivity index (χ1n) is 9.70. The van der Waals surface area contributed by atoms with E-state index in [9.17, 15) is 0 Å². The number of nitrogens with zero attached hydrogens (tertiary/aromatic N) is 4. The fourth-order valence-corrected chi connectivity index (χ4v) is 3.68. The van der Waals surface area contributed by atoms with Crippen LogP contribution in [0.2, 0.25) is 0 Å². The summed E-state index contributed by atoms with van der Waals surface area (Å²) in [6.07, 6.45) is 3.57. The van der Waals surface area contributed by atoms with Crippen LogP contribution in [-0.4, -0.2) is 34.7 Å². The minimum absolute atomic E-state index is 0.673. The predicted molar refractivity (Wildman–Crippen MR) is 108 cm³/mol. The minimum Gasteiger partial charge on any atom is -0.303 e. The van der Waals surface area contributed by atoms with Gasteiger partial charge in [0, 0.05) is 18.4 Å². The van der Waals surface area contributed by atoms with Gasteiger partial charge >= 0.3 is 0 Å². The van der Waals surface area contributed by atoms with Gasteiger partial charge in [0.15, 0.2) is 0 Å². The van der Waals surface area contributed by atoms with Gasteiger partial charge in [0.05, 0.1) is 22.8 Å². The number of likely N-dealkylation sites (tertiary alicyclic amines) is 1. The van der Waals surface area contributed by atoms with E-state index >= 15 is 0 Å². The summed E-state index contributed by atoms with van der Waals surface area (Å²) in [5, 5.41) is 19.0. The van der Waals surface area contributed by atoms with Crippen LogP contribution in [0, 0.1) is 17.2 Å². The van der Waals surface area contributed by atoms with Gasteiger partial charge in [-0.1, -0.05) is 31.2 Å². The van der Waals surface area contributed by atoms with Crippen molar-refractivity contribution in [2.24, 2.45) is 5.92 Å². The standard InChI is InChI=1S/C23H24N4/c1-17-8-11-27(12-9-17)13-10-22-14-21-7-6-20(15-23(21)26-25-22)19-4-2-18(16-24)3-5-19/h2-7,14-15,17H,8-13H2,1H3. The summed E-state index contributed by atoms with van der Waals surface area (Å²) in [6.45, 7) is 5.82. The molecule has 4 heteroatoms. The molecule has 1 saturated heterocycles. The van der Waals surface area contributed by atoms with Crippen molar-refractivity contribution in [3.63, 3.8) is 0 Å². The SMILES string of the molecule is CC1CCN(CCc2cc3ccc(-c4ccc(C#N)cc4)cc3nn2)CC1. The van der Waals surface area contributed by atoms with Gasteiger partial charge in [-0.15, -0.1) is 0 Å². The summed E-state index contributed by atoms with van der Waals surface area (Å²) in [5.74, 6) is 0.868. The summed E-state index contributed by atoms with van der Waals surface area (Å²) in [4.78, 5) is 2.54. The molecular formula is C23H24N4. The second kappa shape index (κ2) is 7.85. The Hall–Kier alpha value is -2.77. The number of fused-ring (bicyclic) bond motifs is 1. The summed E-state index contributed by atoms with van der Waals surface area (Å²) < 4.78 is 0. The molecule has 0 aliphatic carbocycles. The first kappa shape index (κ1) is 17.6. The van der Waals surface area contributed by atoms with Gasteiger partial charge < -0.3 is 4.90 Å². The van der Waals surface area contributed by atoms with Crippen LogP contribution >= 0.6 is 0 Å². The number of benzene rings is 2. The fraction of sp³-hybridized carbons (Fsp3) is 0.348. The van der Waals surface area contributed by atoms with Gasteiger partial charge in [0.1, 0.15) is 0 Å². The highest BCUT2D eigenvalue weighted by atomic mass is 15.1. The molecule has 3 aromatic rings. The predicted octanol–water partition coefficient (Wildman–Crippen LogP) is 4.44. The van der Waals surface area contributed by atoms with Gasteiger partial charge in [-0.25, -0.2) is 0 Å². The zero-order valence-corrected chi connectivity index (χ0v) is 15.7. The average Bonchev–Trinajstić information content (AvgIpc) is 2.73. The Morgan fingerprint density at radius 2 is 1.74 bits per heavy atom. The summed E-state index contributed by atoms with van der Waals surface area (Å²) in [6, 6.07) is 18.2. The summed E-state index contributed by atoms with van der Waals surface area (Å²) in [5.41, 5.74) is 4.82. The third-order valence-corrected chi connectivity index (χ3v) is 5.55. The Morgan fingerprint density at radius 1 is 1.00 bits per heavy atom. The highest BCUT2D eigenvalue weighted by molar-refractivity contribution is 5.84. The van der Waals surface area contributed by atoms with E-state index in [2.05, 4.69) is 52.4 Å². The molecule has 0 bridgehead atoms. The van der Waals surface area contributed by atoms with Crippen LogP contribution in [0.15, 0.2) is 48.5 Å². The lowest BCUT2D eigenvalue weighted by molar-refractivity contribution is 0.194. The van der Waals surface area contributed by atoms with Crippen LogP contribution in [0.25, 0.3) is 22.0 Å². The monoisotopic (exact) mass is 356 g/mol. The van der Waals surface area contributed by atoms with E-state index in [1.165, 1.54) is 25.9 Å². The second-order valence-electron chi connectivity index (χ2n) is 7.57. The molecule has 136 valence electrons. The lowest BCUT2D eigenvalue weighted by Gasteiger charge is -2.29. The number of hydrogen-bond acceptors (Lipinski definition) is 4. The Kier molecular flexibility index (Phi) is 5.13. The van der Waals surface area contributed by atoms with E-state index in [0.717, 1.165) is 46.6 Å². The molecule has 0 spiro atoms. The molecule has 0 saturated carbocycles. The first-order chi connectivity index (χ1) is 13.2. The fourth-order valence-electron chi connectivity index (χ4n) is 3.68. The summed E-state index contributed by atoms with van der Waals surface area (Å²) in [7, 11) is 0. The highest BCUT2D eigenvalue weighted by Gasteiger charge is 2.15. The molecule has 27 heavy (non-hydrogen) atoms. The van der Waals surface area contributed by atoms with Crippen LogP contribution in [-0.2, 0) is 6.42 Å². The Morgan fingerprint density at radius 3 is 2.48 bits per heavy atom. The van der Waals surface area contributed by atoms with Crippen molar-refractivity contribution in [3.05, 3.63) is 59.8 Å². The lowest BCUT2D eigenvalue weighted by atomic mass is 9.99. The third-order valence-electron chi connectivity index (χ3n) is 5.55. The maximum atomic E-state index is 8.93. The third kappa shape index (κ3) is 4.15. The van der Waals surface area contributed by atoms with E-state index in [-0.39, 0.29) is 0 Å². The van der Waals surface area contributed by atoms with Crippen molar-refractivity contribution >= 4 is 10.9 Å². The van der Waals surface area contributed by atoms with Crippen LogP contribution in [0.3, 0.4) is 0 Å². The smallest absolute Gasteiger partial charge is 0.0991 e. The molecule has 1 aliphatic heterocycles. The quantitative estimate of drug-likeness (QED) is 0.693. The van der Waals surface area contributed by atoms with E-state index in [1.807, 2.05) is 24.3 Å². The van der Waals surface area contributed by atoms with Gasteiger partial charge in [-0.2, -0.15) is 15.5 Å². The maximum absolute atomic E-state index is 8.93. The molecule has 0 unspecified atom stereocenters. The Balaban J connectivity index is 1.47. The average molecular weight is 356 g/mol. The van der Waals surface area contributed by atoms with Crippen molar-refractivity contribution in [2.45, 2.75) is 26.2 Å². The molecule has 2 aromatic carbocycles. The number of hydrogen-bond donors (Lipinski definition) is 0. The number of aromatic nitrogens is 2. The van der Waals surface area contributed by atoms with Crippen molar-refractivity contribution in [1.29, 1.82) is 5.26 Å². The van der Waals surface area contributed by atoms with E-state index in [1.54, 1.807) is 0 Å². The molecule has 1 aromatic heterocycles. The van der Waals surface area contributed by atoms with E-state index < -0.39 is 0 Å². The zero-order chi connectivity index (χ0) is 18.6. The molecule has 4 rings (SSSR count). The van der Waals surface area contributed by atoms with E-state index in [0.29, 0.717) is 5.56 Å². The van der Waals surface area contributed by atoms with Crippen LogP contribution < -0.4 is 0 Å². The number of piperidine rings is 1. The van der Waals surface area contributed by atoms with Crippen molar-refractivity contribution in [3.8, 4) is 17.2 Å².